The maximum absolute atomic E-state index is 12.9. The number of carboxylic acid groups (broad SMARTS) is 1. The summed E-state index contributed by atoms with van der Waals surface area (Å²) in [4.78, 5) is 26.3. The first-order valence-electron chi connectivity index (χ1n) is 19.5. The number of rotatable bonds is 8. The number of carbonyl (C=O) groups is 2. The zero-order valence-electron chi connectivity index (χ0n) is 30.3. The molecule has 8 rings (SSSR count). The molecule has 0 aromatic heterocycles. The molecule has 48 heavy (non-hydrogen) atoms. The molecule has 0 bridgehead atoms. The number of nitrogens with zero attached hydrogens (tertiary/aromatic N) is 1. The SMILES string of the molecule is C[C@H](NCC1C[C@@H](C)[C@H]2C(O1)[C@H](O)[C@@]1(C)C3CC[C@H]4C(C)(C)C(OC5CN(C(=O)CC6CC6)CCO5)CCC45C[C@@]35CCC21C)C(=O)O. The van der Waals surface area contributed by atoms with E-state index in [9.17, 15) is 19.8 Å². The summed E-state index contributed by atoms with van der Waals surface area (Å²) in [7, 11) is 0. The summed E-state index contributed by atoms with van der Waals surface area (Å²) in [5.74, 6) is 1.77. The van der Waals surface area contributed by atoms with Gasteiger partial charge in [-0.3, -0.25) is 9.59 Å². The minimum Gasteiger partial charge on any atom is -0.480 e. The van der Waals surface area contributed by atoms with E-state index < -0.39 is 18.1 Å². The molecule has 0 aromatic rings. The molecule has 9 nitrogen and oxygen atoms in total. The number of aliphatic hydroxyl groups excluding tert-OH is 1. The first kappa shape index (κ1) is 33.9. The van der Waals surface area contributed by atoms with Crippen LogP contribution >= 0.6 is 0 Å². The van der Waals surface area contributed by atoms with Gasteiger partial charge in [-0.25, -0.2) is 0 Å². The van der Waals surface area contributed by atoms with Crippen LogP contribution in [0.5, 0.6) is 0 Å². The van der Waals surface area contributed by atoms with Crippen LogP contribution in [-0.4, -0.2) is 90.0 Å². The van der Waals surface area contributed by atoms with Gasteiger partial charge in [0.05, 0.1) is 37.6 Å². The van der Waals surface area contributed by atoms with Crippen LogP contribution in [0.1, 0.15) is 112 Å². The Kier molecular flexibility index (Phi) is 8.02. The van der Waals surface area contributed by atoms with E-state index >= 15 is 0 Å². The molecule has 8 aliphatic rings. The lowest BCUT2D eigenvalue weighted by atomic mass is 9.41. The maximum atomic E-state index is 12.9. The van der Waals surface area contributed by atoms with Crippen molar-refractivity contribution in [2.24, 2.45) is 56.7 Å². The van der Waals surface area contributed by atoms with Gasteiger partial charge in [-0.15, -0.1) is 0 Å². The molecule has 6 aliphatic carbocycles. The van der Waals surface area contributed by atoms with Crippen LogP contribution in [0.3, 0.4) is 0 Å². The summed E-state index contributed by atoms with van der Waals surface area (Å²) < 4.78 is 19.8. The summed E-state index contributed by atoms with van der Waals surface area (Å²) in [5, 5.41) is 25.0. The third-order valence-corrected chi connectivity index (χ3v) is 16.7. The highest BCUT2D eigenvalue weighted by atomic mass is 16.7. The number of amides is 1. The number of ether oxygens (including phenoxy) is 3. The van der Waals surface area contributed by atoms with E-state index in [-0.39, 0.29) is 52.2 Å². The summed E-state index contributed by atoms with van der Waals surface area (Å²) in [6, 6.07) is -0.621. The van der Waals surface area contributed by atoms with Crippen LogP contribution in [0.4, 0.5) is 0 Å². The van der Waals surface area contributed by atoms with Gasteiger partial charge < -0.3 is 34.6 Å². The maximum Gasteiger partial charge on any atom is 0.320 e. The molecule has 0 radical (unpaired) electrons. The predicted octanol–water partition coefficient (Wildman–Crippen LogP) is 5.23. The average molecular weight is 671 g/mol. The largest absolute Gasteiger partial charge is 0.480 e. The van der Waals surface area contributed by atoms with Gasteiger partial charge in [0.15, 0.2) is 6.29 Å². The van der Waals surface area contributed by atoms with E-state index in [2.05, 4.69) is 39.9 Å². The van der Waals surface area contributed by atoms with Gasteiger partial charge in [0, 0.05) is 24.9 Å². The predicted molar refractivity (Wildman–Crippen MR) is 180 cm³/mol. The summed E-state index contributed by atoms with van der Waals surface area (Å²) in [6.45, 7) is 16.1. The minimum absolute atomic E-state index is 0.00521. The molecule has 1 amide bonds. The number of hydrogen-bond donors (Lipinski definition) is 3. The van der Waals surface area contributed by atoms with Gasteiger partial charge in [-0.2, -0.15) is 0 Å². The first-order chi connectivity index (χ1) is 22.7. The van der Waals surface area contributed by atoms with Gasteiger partial charge >= 0.3 is 5.97 Å². The van der Waals surface area contributed by atoms with Crippen molar-refractivity contribution in [3.63, 3.8) is 0 Å². The number of aliphatic carboxylic acids is 1. The zero-order chi connectivity index (χ0) is 34.0. The third-order valence-electron chi connectivity index (χ3n) is 16.7. The van der Waals surface area contributed by atoms with Crippen molar-refractivity contribution in [3.05, 3.63) is 0 Å². The lowest BCUT2D eigenvalue weighted by Crippen LogP contribution is -2.60. The summed E-state index contributed by atoms with van der Waals surface area (Å²) in [5.41, 5.74) is 0.375. The van der Waals surface area contributed by atoms with Gasteiger partial charge in [-0.05, 0) is 122 Å². The minimum atomic E-state index is -0.851. The van der Waals surface area contributed by atoms with Crippen LogP contribution in [0.15, 0.2) is 0 Å². The van der Waals surface area contributed by atoms with Crippen molar-refractivity contribution < 1.29 is 34.0 Å². The molecule has 2 aliphatic heterocycles. The fraction of sp³-hybridized carbons (Fsp3) is 0.949. The number of carbonyl (C=O) groups excluding carboxylic acids is 1. The van der Waals surface area contributed by atoms with E-state index in [1.165, 1.54) is 38.5 Å². The van der Waals surface area contributed by atoms with E-state index in [1.807, 2.05) is 4.90 Å². The molecule has 0 aromatic carbocycles. The van der Waals surface area contributed by atoms with Crippen molar-refractivity contribution in [1.82, 2.24) is 10.2 Å². The molecule has 3 N–H and O–H groups in total. The fourth-order valence-electron chi connectivity index (χ4n) is 14.0. The summed E-state index contributed by atoms with van der Waals surface area (Å²) in [6.07, 6.45) is 11.1. The Labute approximate surface area is 287 Å². The topological polar surface area (TPSA) is 118 Å². The average Bonchev–Trinajstić information content (AvgIpc) is 3.96. The van der Waals surface area contributed by atoms with Crippen LogP contribution in [0.2, 0.25) is 0 Å². The first-order valence-corrected chi connectivity index (χ1v) is 19.5. The van der Waals surface area contributed by atoms with Crippen molar-refractivity contribution in [3.8, 4) is 0 Å². The molecule has 2 saturated heterocycles. The van der Waals surface area contributed by atoms with Crippen molar-refractivity contribution in [2.45, 2.75) is 149 Å². The molecular formula is C39H62N2O7. The van der Waals surface area contributed by atoms with Gasteiger partial charge in [0.1, 0.15) is 6.04 Å². The lowest BCUT2D eigenvalue weighted by Gasteiger charge is -2.64. The van der Waals surface area contributed by atoms with Crippen molar-refractivity contribution in [2.75, 3.05) is 26.2 Å². The van der Waals surface area contributed by atoms with Gasteiger partial charge in [0.25, 0.3) is 0 Å². The number of fused-ring (bicyclic) bond motifs is 4. The molecule has 2 heterocycles. The smallest absolute Gasteiger partial charge is 0.320 e. The van der Waals surface area contributed by atoms with Gasteiger partial charge in [0.2, 0.25) is 5.91 Å². The van der Waals surface area contributed by atoms with Crippen molar-refractivity contribution >= 4 is 11.9 Å². The Morgan fingerprint density at radius 3 is 2.48 bits per heavy atom. The van der Waals surface area contributed by atoms with Crippen molar-refractivity contribution in [1.29, 1.82) is 0 Å². The fourth-order valence-corrected chi connectivity index (χ4v) is 14.0. The highest BCUT2D eigenvalue weighted by molar-refractivity contribution is 5.76. The highest BCUT2D eigenvalue weighted by Gasteiger charge is 2.84. The molecule has 270 valence electrons. The van der Waals surface area contributed by atoms with E-state index in [1.54, 1.807) is 6.92 Å². The second-order valence-electron chi connectivity index (χ2n) is 19.0. The van der Waals surface area contributed by atoms with Crippen LogP contribution in [0, 0.1) is 56.7 Å². The quantitative estimate of drug-likeness (QED) is 0.322. The number of carboxylic acids is 1. The number of morpholine rings is 1. The second-order valence-corrected chi connectivity index (χ2v) is 19.0. The van der Waals surface area contributed by atoms with E-state index in [4.69, 9.17) is 14.2 Å². The number of nitrogens with one attached hydrogen (secondary N) is 1. The Hall–Kier alpha value is -1.26. The lowest BCUT2D eigenvalue weighted by molar-refractivity contribution is -0.248. The number of aliphatic hydroxyl groups is 1. The molecule has 7 unspecified atom stereocenters. The normalized spacial score (nSPS) is 51.1. The standard InChI is InChI=1S/C39H62N2O7/c1-22-17-25(19-40-23(2)34(44)45)47-32-31(22)36(5)13-14-39-21-38(39)12-11-28(35(3,4)26(38)9-10-27(39)37(36,6)33(32)43)48-30-20-41(15-16-46-30)29(42)18-24-7-8-24/h22-28,30-33,40,43H,7-21H2,1-6H3,(H,44,45)/t22-,23+,25?,26+,27?,28?,30?,31+,32?,33+,36?,37-,38?,39+/m1/s1. The Morgan fingerprint density at radius 2 is 1.75 bits per heavy atom. The Balaban J connectivity index is 0.981. The third kappa shape index (κ3) is 4.71. The highest BCUT2D eigenvalue weighted by Crippen LogP contribution is 2.89. The Morgan fingerprint density at radius 1 is 1.02 bits per heavy atom. The van der Waals surface area contributed by atoms with Gasteiger partial charge in [-0.1, -0.05) is 34.6 Å². The monoisotopic (exact) mass is 670 g/mol. The van der Waals surface area contributed by atoms with Crippen LogP contribution in [0.25, 0.3) is 0 Å². The Bertz CT molecular complexity index is 1300. The number of hydrogen-bond acceptors (Lipinski definition) is 7. The summed E-state index contributed by atoms with van der Waals surface area (Å²) >= 11 is 0. The molecule has 9 heteroatoms. The molecule has 2 spiro atoms. The second kappa shape index (κ2) is 11.4. The van der Waals surface area contributed by atoms with E-state index in [0.717, 1.165) is 25.7 Å². The molecule has 14 atom stereocenters. The molecular weight excluding hydrogens is 608 g/mol. The molecule has 6 saturated carbocycles. The van der Waals surface area contributed by atoms with Crippen LogP contribution < -0.4 is 5.32 Å². The van der Waals surface area contributed by atoms with E-state index in [0.29, 0.717) is 67.7 Å². The van der Waals surface area contributed by atoms with Crippen LogP contribution in [-0.2, 0) is 23.8 Å². The zero-order valence-corrected chi connectivity index (χ0v) is 30.3. The molecule has 8 fully saturated rings.